The van der Waals surface area contributed by atoms with Gasteiger partial charge in [-0.25, -0.2) is 4.79 Å². The van der Waals surface area contributed by atoms with Crippen LogP contribution in [-0.4, -0.2) is 18.2 Å². The number of hydrogen-bond acceptors (Lipinski definition) is 3. The Kier molecular flexibility index (Phi) is 4.63. The summed E-state index contributed by atoms with van der Waals surface area (Å²) in [5, 5.41) is 12.3. The van der Waals surface area contributed by atoms with E-state index in [1.165, 1.54) is 0 Å². The fraction of sp³-hybridized carbons (Fsp3) is 0.133. The van der Waals surface area contributed by atoms with Gasteiger partial charge in [-0.2, -0.15) is 0 Å². The van der Waals surface area contributed by atoms with Crippen molar-refractivity contribution in [3.63, 3.8) is 0 Å². The van der Waals surface area contributed by atoms with Crippen molar-refractivity contribution in [3.05, 3.63) is 58.1 Å². The van der Waals surface area contributed by atoms with E-state index in [0.717, 1.165) is 15.8 Å². The van der Waals surface area contributed by atoms with Crippen molar-refractivity contribution in [2.24, 2.45) is 0 Å². The summed E-state index contributed by atoms with van der Waals surface area (Å²) in [6.07, 6.45) is 0. The minimum absolute atomic E-state index is 0.251. The fourth-order valence-electron chi connectivity index (χ4n) is 1.90. The summed E-state index contributed by atoms with van der Waals surface area (Å²) < 4.78 is 6.24. The molecule has 0 spiro atoms. The van der Waals surface area contributed by atoms with Crippen molar-refractivity contribution in [1.29, 1.82) is 0 Å². The first-order chi connectivity index (χ1) is 9.61. The number of nitrogens with one attached hydrogen (secondary N) is 1. The molecule has 0 fully saturated rings. The van der Waals surface area contributed by atoms with E-state index in [1.807, 2.05) is 18.2 Å². The number of ether oxygens (including phenoxy) is 1. The molecule has 2 aromatic carbocycles. The molecule has 0 radical (unpaired) electrons. The first-order valence-corrected chi connectivity index (χ1v) is 6.79. The van der Waals surface area contributed by atoms with E-state index in [-0.39, 0.29) is 5.56 Å². The van der Waals surface area contributed by atoms with Crippen molar-refractivity contribution >= 4 is 27.6 Å². The largest absolute Gasteiger partial charge is 0.496 e. The van der Waals surface area contributed by atoms with Gasteiger partial charge in [0.2, 0.25) is 0 Å². The van der Waals surface area contributed by atoms with Crippen molar-refractivity contribution < 1.29 is 14.6 Å². The standard InChI is InChI=1S/C15H14BrNO3/c1-20-14-7-6-11(16)8-10(14)9-17-13-5-3-2-4-12(13)15(18)19/h2-8,17H,9H2,1H3,(H,18,19). The van der Waals surface area contributed by atoms with Crippen LogP contribution >= 0.6 is 15.9 Å². The summed E-state index contributed by atoms with van der Waals surface area (Å²) in [5.41, 5.74) is 1.78. The smallest absolute Gasteiger partial charge is 0.337 e. The van der Waals surface area contributed by atoms with E-state index in [4.69, 9.17) is 9.84 Å². The minimum atomic E-state index is -0.950. The number of carboxylic acid groups (broad SMARTS) is 1. The number of carboxylic acids is 1. The number of rotatable bonds is 5. The Morgan fingerprint density at radius 1 is 1.30 bits per heavy atom. The van der Waals surface area contributed by atoms with Crippen molar-refractivity contribution in [2.75, 3.05) is 12.4 Å². The van der Waals surface area contributed by atoms with E-state index >= 15 is 0 Å². The predicted octanol–water partition coefficient (Wildman–Crippen LogP) is 3.77. The Hall–Kier alpha value is -2.01. The topological polar surface area (TPSA) is 58.6 Å². The number of hydrogen-bond donors (Lipinski definition) is 2. The Morgan fingerprint density at radius 3 is 2.75 bits per heavy atom. The summed E-state index contributed by atoms with van der Waals surface area (Å²) in [4.78, 5) is 11.1. The van der Waals surface area contributed by atoms with E-state index in [1.54, 1.807) is 31.4 Å². The molecule has 0 aliphatic heterocycles. The second-order valence-corrected chi connectivity index (χ2v) is 5.08. The quantitative estimate of drug-likeness (QED) is 0.873. The normalized spacial score (nSPS) is 10.1. The number of benzene rings is 2. The van der Waals surface area contributed by atoms with Crippen LogP contribution in [0.25, 0.3) is 0 Å². The van der Waals surface area contributed by atoms with Gasteiger partial charge < -0.3 is 15.2 Å². The first kappa shape index (κ1) is 14.4. The number of carbonyl (C=O) groups is 1. The second kappa shape index (κ2) is 6.43. The van der Waals surface area contributed by atoms with Gasteiger partial charge in [-0.1, -0.05) is 28.1 Å². The molecule has 0 bridgehead atoms. The highest BCUT2D eigenvalue weighted by Crippen LogP contribution is 2.24. The van der Waals surface area contributed by atoms with Crippen LogP contribution in [0.4, 0.5) is 5.69 Å². The van der Waals surface area contributed by atoms with Crippen LogP contribution < -0.4 is 10.1 Å². The molecule has 104 valence electrons. The lowest BCUT2D eigenvalue weighted by Gasteiger charge is -2.12. The van der Waals surface area contributed by atoms with Crippen molar-refractivity contribution in [3.8, 4) is 5.75 Å². The predicted molar refractivity (Wildman–Crippen MR) is 81.4 cm³/mol. The van der Waals surface area contributed by atoms with Gasteiger partial charge in [-0.15, -0.1) is 0 Å². The van der Waals surface area contributed by atoms with E-state index in [0.29, 0.717) is 12.2 Å². The molecule has 0 aliphatic carbocycles. The van der Waals surface area contributed by atoms with Gasteiger partial charge in [-0.3, -0.25) is 0 Å². The first-order valence-electron chi connectivity index (χ1n) is 6.00. The van der Waals surface area contributed by atoms with Crippen LogP contribution in [0.15, 0.2) is 46.9 Å². The lowest BCUT2D eigenvalue weighted by Crippen LogP contribution is -2.07. The molecule has 0 atom stereocenters. The van der Waals surface area contributed by atoms with Crippen molar-refractivity contribution in [2.45, 2.75) is 6.54 Å². The van der Waals surface area contributed by atoms with Gasteiger partial charge in [0.1, 0.15) is 5.75 Å². The molecule has 5 heteroatoms. The molecule has 0 heterocycles. The van der Waals surface area contributed by atoms with E-state index in [9.17, 15) is 4.79 Å². The molecular weight excluding hydrogens is 322 g/mol. The third-order valence-corrected chi connectivity index (χ3v) is 3.36. The molecule has 2 aromatic rings. The SMILES string of the molecule is COc1ccc(Br)cc1CNc1ccccc1C(=O)O. The Labute approximate surface area is 125 Å². The zero-order valence-electron chi connectivity index (χ0n) is 10.9. The summed E-state index contributed by atoms with van der Waals surface area (Å²) in [7, 11) is 1.61. The van der Waals surface area contributed by atoms with Crippen LogP contribution in [-0.2, 0) is 6.54 Å². The number of para-hydroxylation sites is 1. The van der Waals surface area contributed by atoms with Crippen LogP contribution in [0.3, 0.4) is 0 Å². The van der Waals surface area contributed by atoms with Crippen LogP contribution in [0.2, 0.25) is 0 Å². The molecule has 2 rings (SSSR count). The Bertz CT molecular complexity index is 628. The van der Waals surface area contributed by atoms with Gasteiger partial charge in [0, 0.05) is 22.3 Å². The third kappa shape index (κ3) is 3.30. The van der Waals surface area contributed by atoms with Crippen LogP contribution in [0, 0.1) is 0 Å². The molecule has 0 aromatic heterocycles. The Morgan fingerprint density at radius 2 is 2.05 bits per heavy atom. The zero-order valence-corrected chi connectivity index (χ0v) is 12.5. The highest BCUT2D eigenvalue weighted by molar-refractivity contribution is 9.10. The maximum atomic E-state index is 11.1. The molecule has 20 heavy (non-hydrogen) atoms. The lowest BCUT2D eigenvalue weighted by atomic mass is 10.1. The average Bonchev–Trinajstić information content (AvgIpc) is 2.45. The van der Waals surface area contributed by atoms with Gasteiger partial charge in [0.15, 0.2) is 0 Å². The fourth-order valence-corrected chi connectivity index (χ4v) is 2.31. The molecule has 4 nitrogen and oxygen atoms in total. The molecule has 0 saturated carbocycles. The van der Waals surface area contributed by atoms with Crippen molar-refractivity contribution in [1.82, 2.24) is 0 Å². The Balaban J connectivity index is 2.21. The molecule has 0 aliphatic rings. The molecule has 0 unspecified atom stereocenters. The maximum absolute atomic E-state index is 11.1. The minimum Gasteiger partial charge on any atom is -0.496 e. The number of halogens is 1. The summed E-state index contributed by atoms with van der Waals surface area (Å²) in [6.45, 7) is 0.479. The third-order valence-electron chi connectivity index (χ3n) is 2.87. The number of aromatic carboxylic acids is 1. The van der Waals surface area contributed by atoms with E-state index < -0.39 is 5.97 Å². The van der Waals surface area contributed by atoms with Gasteiger partial charge in [0.05, 0.1) is 12.7 Å². The lowest BCUT2D eigenvalue weighted by molar-refractivity contribution is 0.0698. The number of methoxy groups -OCH3 is 1. The molecule has 2 N–H and O–H groups in total. The van der Waals surface area contributed by atoms with Crippen LogP contribution in [0.1, 0.15) is 15.9 Å². The monoisotopic (exact) mass is 335 g/mol. The maximum Gasteiger partial charge on any atom is 0.337 e. The molecule has 0 saturated heterocycles. The zero-order chi connectivity index (χ0) is 14.5. The highest BCUT2D eigenvalue weighted by atomic mass is 79.9. The molecule has 0 amide bonds. The second-order valence-electron chi connectivity index (χ2n) is 4.16. The van der Waals surface area contributed by atoms with Gasteiger partial charge in [-0.05, 0) is 30.3 Å². The van der Waals surface area contributed by atoms with Gasteiger partial charge >= 0.3 is 5.97 Å². The van der Waals surface area contributed by atoms with E-state index in [2.05, 4.69) is 21.2 Å². The summed E-state index contributed by atoms with van der Waals surface area (Å²) in [5.74, 6) is -0.192. The summed E-state index contributed by atoms with van der Waals surface area (Å²) >= 11 is 3.41. The van der Waals surface area contributed by atoms with Gasteiger partial charge in [0.25, 0.3) is 0 Å². The highest BCUT2D eigenvalue weighted by Gasteiger charge is 2.09. The van der Waals surface area contributed by atoms with Crippen LogP contribution in [0.5, 0.6) is 5.75 Å². The number of anilines is 1. The summed E-state index contributed by atoms with van der Waals surface area (Å²) in [6, 6.07) is 12.5. The molecular formula is C15H14BrNO3. The average molecular weight is 336 g/mol.